The summed E-state index contributed by atoms with van der Waals surface area (Å²) in [6.45, 7) is 3.87. The number of anilines is 1. The first kappa shape index (κ1) is 15.8. The molecule has 0 aliphatic heterocycles. The summed E-state index contributed by atoms with van der Waals surface area (Å²) >= 11 is 0. The van der Waals surface area contributed by atoms with Crippen LogP contribution < -0.4 is 11.1 Å². The number of benzene rings is 1. The second-order valence-corrected chi connectivity index (χ2v) is 5.86. The van der Waals surface area contributed by atoms with Gasteiger partial charge < -0.3 is 16.0 Å². The molecule has 21 heavy (non-hydrogen) atoms. The van der Waals surface area contributed by atoms with Crippen molar-refractivity contribution in [1.29, 1.82) is 0 Å². The quantitative estimate of drug-likeness (QED) is 0.625. The van der Waals surface area contributed by atoms with Gasteiger partial charge >= 0.3 is 0 Å². The van der Waals surface area contributed by atoms with Gasteiger partial charge in [0, 0.05) is 18.3 Å². The van der Waals surface area contributed by atoms with E-state index in [4.69, 9.17) is 5.73 Å². The molecule has 1 aliphatic carbocycles. The zero-order valence-electron chi connectivity index (χ0n) is 13.3. The maximum absolute atomic E-state index is 5.96. The van der Waals surface area contributed by atoms with Crippen LogP contribution in [0.5, 0.6) is 0 Å². The molecule has 0 aromatic heterocycles. The van der Waals surface area contributed by atoms with Crippen molar-refractivity contribution in [3.05, 3.63) is 29.8 Å². The van der Waals surface area contributed by atoms with Crippen LogP contribution >= 0.6 is 0 Å². The molecule has 0 amide bonds. The number of hydrogen-bond donors (Lipinski definition) is 2. The fourth-order valence-electron chi connectivity index (χ4n) is 2.91. The molecule has 0 heterocycles. The van der Waals surface area contributed by atoms with E-state index in [1.807, 2.05) is 12.1 Å². The third kappa shape index (κ3) is 5.05. The Morgan fingerprint density at radius 2 is 2.14 bits per heavy atom. The zero-order chi connectivity index (χ0) is 15.1. The minimum atomic E-state index is 0.503. The molecule has 0 unspecified atom stereocenters. The summed E-state index contributed by atoms with van der Waals surface area (Å²) in [6, 6.07) is 9.05. The Bertz CT molecular complexity index is 464. The Morgan fingerprint density at radius 1 is 1.38 bits per heavy atom. The van der Waals surface area contributed by atoms with E-state index in [-0.39, 0.29) is 0 Å². The van der Waals surface area contributed by atoms with Gasteiger partial charge in [0.2, 0.25) is 0 Å². The van der Waals surface area contributed by atoms with Crippen LogP contribution in [0.15, 0.2) is 29.3 Å². The molecule has 0 atom stereocenters. The summed E-state index contributed by atoms with van der Waals surface area (Å²) in [5, 5.41) is 3.17. The highest BCUT2D eigenvalue weighted by Gasteiger charge is 2.18. The molecular formula is C17H28N4. The number of hydrogen-bond acceptors (Lipinski definition) is 2. The monoisotopic (exact) mass is 288 g/mol. The lowest BCUT2D eigenvalue weighted by Gasteiger charge is -2.22. The number of aliphatic imine (C=N–C) groups is 1. The molecule has 4 heteroatoms. The summed E-state index contributed by atoms with van der Waals surface area (Å²) in [7, 11) is 2.19. The van der Waals surface area contributed by atoms with Crippen molar-refractivity contribution in [2.24, 2.45) is 10.7 Å². The average molecular weight is 288 g/mol. The predicted molar refractivity (Wildman–Crippen MR) is 90.8 cm³/mol. The molecule has 0 radical (unpaired) electrons. The van der Waals surface area contributed by atoms with Gasteiger partial charge in [-0.05, 0) is 44.0 Å². The van der Waals surface area contributed by atoms with Crippen LogP contribution in [0.3, 0.4) is 0 Å². The van der Waals surface area contributed by atoms with Crippen molar-refractivity contribution in [2.75, 3.05) is 25.5 Å². The number of guanidine groups is 1. The molecule has 1 saturated carbocycles. The van der Waals surface area contributed by atoms with Crippen molar-refractivity contribution in [3.8, 4) is 0 Å². The molecule has 3 N–H and O–H groups in total. The smallest absolute Gasteiger partial charge is 0.193 e. The molecule has 4 nitrogen and oxygen atoms in total. The first-order valence-electron chi connectivity index (χ1n) is 8.05. The van der Waals surface area contributed by atoms with Gasteiger partial charge in [0.15, 0.2) is 5.96 Å². The Labute approximate surface area is 128 Å². The van der Waals surface area contributed by atoms with Gasteiger partial charge in [-0.25, -0.2) is 0 Å². The van der Waals surface area contributed by atoms with E-state index in [1.54, 1.807) is 0 Å². The van der Waals surface area contributed by atoms with Gasteiger partial charge in [0.1, 0.15) is 0 Å². The fraction of sp³-hybridized carbons (Fsp3) is 0.588. The SMILES string of the molecule is CCc1cccc(NC(N)=NCCN(C)C2CCCC2)c1. The van der Waals surface area contributed by atoms with Crippen molar-refractivity contribution in [3.63, 3.8) is 0 Å². The number of aryl methyl sites for hydroxylation is 1. The van der Waals surface area contributed by atoms with E-state index < -0.39 is 0 Å². The van der Waals surface area contributed by atoms with E-state index in [1.165, 1.54) is 31.2 Å². The Hall–Kier alpha value is -1.55. The molecule has 1 aromatic carbocycles. The van der Waals surface area contributed by atoms with Crippen molar-refractivity contribution < 1.29 is 0 Å². The van der Waals surface area contributed by atoms with Crippen LogP contribution in [0.2, 0.25) is 0 Å². The average Bonchev–Trinajstić information content (AvgIpc) is 3.01. The summed E-state index contributed by atoms with van der Waals surface area (Å²) in [5.74, 6) is 0.503. The lowest BCUT2D eigenvalue weighted by molar-refractivity contribution is 0.252. The third-order valence-electron chi connectivity index (χ3n) is 4.29. The maximum Gasteiger partial charge on any atom is 0.193 e. The Balaban J connectivity index is 1.77. The molecule has 1 fully saturated rings. The van der Waals surface area contributed by atoms with Gasteiger partial charge in [0.25, 0.3) is 0 Å². The summed E-state index contributed by atoms with van der Waals surface area (Å²) in [5.41, 5.74) is 8.27. The summed E-state index contributed by atoms with van der Waals surface area (Å²) in [6.07, 6.45) is 6.43. The first-order chi connectivity index (χ1) is 10.2. The topological polar surface area (TPSA) is 53.6 Å². The Morgan fingerprint density at radius 3 is 2.86 bits per heavy atom. The number of nitrogens with two attached hydrogens (primary N) is 1. The first-order valence-corrected chi connectivity index (χ1v) is 8.05. The van der Waals surface area contributed by atoms with E-state index >= 15 is 0 Å². The number of nitrogens with zero attached hydrogens (tertiary/aromatic N) is 2. The normalized spacial score (nSPS) is 16.6. The van der Waals surface area contributed by atoms with E-state index in [2.05, 4.69) is 41.3 Å². The Kier molecular flexibility index (Phi) is 6.05. The zero-order valence-corrected chi connectivity index (χ0v) is 13.3. The third-order valence-corrected chi connectivity index (χ3v) is 4.29. The van der Waals surface area contributed by atoms with Crippen LogP contribution in [0.1, 0.15) is 38.2 Å². The molecule has 116 valence electrons. The molecule has 2 rings (SSSR count). The highest BCUT2D eigenvalue weighted by atomic mass is 15.2. The van der Waals surface area contributed by atoms with Gasteiger partial charge in [0.05, 0.1) is 6.54 Å². The maximum atomic E-state index is 5.96. The minimum Gasteiger partial charge on any atom is -0.370 e. The van der Waals surface area contributed by atoms with Crippen LogP contribution in [0.4, 0.5) is 5.69 Å². The predicted octanol–water partition coefficient (Wildman–Crippen LogP) is 2.85. The van der Waals surface area contributed by atoms with E-state index in [0.717, 1.165) is 31.2 Å². The standard InChI is InChI=1S/C17H28N4/c1-3-14-7-6-8-15(13-14)20-17(18)19-11-12-21(2)16-9-4-5-10-16/h6-8,13,16H,3-5,9-12H2,1-2H3,(H3,18,19,20). The van der Waals surface area contributed by atoms with E-state index in [0.29, 0.717) is 5.96 Å². The largest absolute Gasteiger partial charge is 0.370 e. The molecule has 1 aliphatic rings. The van der Waals surface area contributed by atoms with Crippen LogP contribution in [0, 0.1) is 0 Å². The van der Waals surface area contributed by atoms with Crippen molar-refractivity contribution in [1.82, 2.24) is 4.90 Å². The second kappa shape index (κ2) is 8.03. The van der Waals surface area contributed by atoms with Gasteiger partial charge in [-0.3, -0.25) is 4.99 Å². The molecule has 0 spiro atoms. The van der Waals surface area contributed by atoms with Gasteiger partial charge in [-0.2, -0.15) is 0 Å². The second-order valence-electron chi connectivity index (χ2n) is 5.86. The molecular weight excluding hydrogens is 260 g/mol. The number of rotatable bonds is 6. The van der Waals surface area contributed by atoms with Gasteiger partial charge in [-0.1, -0.05) is 31.9 Å². The highest BCUT2D eigenvalue weighted by Crippen LogP contribution is 2.21. The summed E-state index contributed by atoms with van der Waals surface area (Å²) < 4.78 is 0. The highest BCUT2D eigenvalue weighted by molar-refractivity contribution is 5.92. The van der Waals surface area contributed by atoms with Crippen LogP contribution in [-0.2, 0) is 6.42 Å². The van der Waals surface area contributed by atoms with Crippen LogP contribution in [0.25, 0.3) is 0 Å². The minimum absolute atomic E-state index is 0.503. The summed E-state index contributed by atoms with van der Waals surface area (Å²) in [4.78, 5) is 6.85. The van der Waals surface area contributed by atoms with Crippen LogP contribution in [-0.4, -0.2) is 37.0 Å². The molecule has 0 bridgehead atoms. The fourth-order valence-corrected chi connectivity index (χ4v) is 2.91. The number of likely N-dealkylation sites (N-methyl/N-ethyl adjacent to an activating group) is 1. The lowest BCUT2D eigenvalue weighted by Crippen LogP contribution is -2.32. The number of nitrogens with one attached hydrogen (secondary N) is 1. The lowest BCUT2D eigenvalue weighted by atomic mass is 10.1. The van der Waals surface area contributed by atoms with Crippen molar-refractivity contribution in [2.45, 2.75) is 45.1 Å². The molecule has 1 aromatic rings. The van der Waals surface area contributed by atoms with Gasteiger partial charge in [-0.15, -0.1) is 0 Å². The van der Waals surface area contributed by atoms with Crippen molar-refractivity contribution >= 4 is 11.6 Å². The molecule has 0 saturated heterocycles. The van der Waals surface area contributed by atoms with E-state index in [9.17, 15) is 0 Å².